The van der Waals surface area contributed by atoms with Gasteiger partial charge < -0.3 is 10.2 Å². The molecule has 4 rings (SSSR count). The average molecular weight is 446 g/mol. The van der Waals surface area contributed by atoms with Gasteiger partial charge in [0, 0.05) is 5.56 Å². The lowest BCUT2D eigenvalue weighted by atomic mass is 10.0. The number of rotatable bonds is 5. The molecule has 0 saturated heterocycles. The van der Waals surface area contributed by atoms with Crippen LogP contribution in [0.15, 0.2) is 70.9 Å². The number of amides is 1. The number of para-hydroxylation sites is 1. The first kappa shape index (κ1) is 21.7. The smallest absolute Gasteiger partial charge is 0.339 e. The Morgan fingerprint density at radius 3 is 2.58 bits per heavy atom. The maximum atomic E-state index is 13.9. The first-order chi connectivity index (χ1) is 15.8. The number of phenols is 1. The number of halogens is 1. The molecular weight excluding hydrogens is 427 g/mol. The molecule has 166 valence electrons. The van der Waals surface area contributed by atoms with Crippen molar-refractivity contribution in [3.63, 3.8) is 0 Å². The Morgan fingerprint density at radius 1 is 1.09 bits per heavy atom. The lowest BCUT2D eigenvalue weighted by Crippen LogP contribution is -2.28. The summed E-state index contributed by atoms with van der Waals surface area (Å²) in [5.74, 6) is -2.53. The van der Waals surface area contributed by atoms with Gasteiger partial charge in [-0.1, -0.05) is 30.3 Å². The van der Waals surface area contributed by atoms with Crippen molar-refractivity contribution in [1.82, 2.24) is 0 Å². The van der Waals surface area contributed by atoms with Crippen molar-refractivity contribution in [2.45, 2.75) is 13.8 Å². The van der Waals surface area contributed by atoms with Gasteiger partial charge in [0.05, 0.1) is 17.1 Å². The number of carbonyl (C=O) groups is 2. The minimum Gasteiger partial charge on any atom is -0.506 e. The van der Waals surface area contributed by atoms with Gasteiger partial charge in [-0.2, -0.15) is 15.2 Å². The summed E-state index contributed by atoms with van der Waals surface area (Å²) >= 11 is 0. The molecule has 0 fully saturated rings. The van der Waals surface area contributed by atoms with E-state index in [9.17, 15) is 24.2 Å². The van der Waals surface area contributed by atoms with E-state index in [4.69, 9.17) is 0 Å². The summed E-state index contributed by atoms with van der Waals surface area (Å²) in [7, 11) is 0. The Hall–Kier alpha value is -4.53. The summed E-state index contributed by atoms with van der Waals surface area (Å²) in [5.41, 5.74) is 5.17. The van der Waals surface area contributed by atoms with E-state index < -0.39 is 17.7 Å². The molecule has 9 heteroatoms. The number of aromatic hydroxyl groups is 1. The molecule has 0 saturated carbocycles. The molecule has 0 aliphatic carbocycles. The molecule has 1 heterocycles. The van der Waals surface area contributed by atoms with Crippen LogP contribution >= 0.6 is 0 Å². The summed E-state index contributed by atoms with van der Waals surface area (Å²) in [6, 6.07) is 15.6. The van der Waals surface area contributed by atoms with Crippen molar-refractivity contribution >= 4 is 34.7 Å². The molecule has 0 atom stereocenters. The molecule has 1 amide bonds. The number of hydrogen-bond donors (Lipinski definition) is 3. The maximum Gasteiger partial charge on any atom is 0.339 e. The van der Waals surface area contributed by atoms with Crippen molar-refractivity contribution < 1.29 is 24.2 Å². The van der Waals surface area contributed by atoms with Crippen LogP contribution in [0.5, 0.6) is 5.75 Å². The molecule has 0 aromatic heterocycles. The Balaban J connectivity index is 1.59. The van der Waals surface area contributed by atoms with Crippen LogP contribution in [-0.2, 0) is 4.79 Å². The number of anilines is 2. The van der Waals surface area contributed by atoms with Gasteiger partial charge in [-0.25, -0.2) is 9.18 Å². The average Bonchev–Trinajstić information content (AvgIpc) is 3.07. The van der Waals surface area contributed by atoms with E-state index in [1.54, 1.807) is 62.4 Å². The van der Waals surface area contributed by atoms with Gasteiger partial charge in [-0.15, -0.1) is 0 Å². The van der Waals surface area contributed by atoms with Gasteiger partial charge in [0.25, 0.3) is 0 Å². The van der Waals surface area contributed by atoms with Gasteiger partial charge in [0.1, 0.15) is 17.1 Å². The monoisotopic (exact) mass is 446 g/mol. The second-order valence-corrected chi connectivity index (χ2v) is 7.40. The number of carbonyl (C=O) groups excluding carboxylic acids is 1. The first-order valence-electron chi connectivity index (χ1n) is 9.92. The molecule has 33 heavy (non-hydrogen) atoms. The van der Waals surface area contributed by atoms with Crippen LogP contribution in [0.3, 0.4) is 0 Å². The van der Waals surface area contributed by atoms with Crippen LogP contribution in [0, 0.1) is 12.7 Å². The number of hydrogen-bond acceptors (Lipinski definition) is 6. The molecule has 8 nitrogen and oxygen atoms in total. The summed E-state index contributed by atoms with van der Waals surface area (Å²) < 4.78 is 13.9. The Bertz CT molecular complexity index is 1350. The van der Waals surface area contributed by atoms with E-state index in [1.807, 2.05) is 0 Å². The molecule has 0 spiro atoms. The van der Waals surface area contributed by atoms with Crippen LogP contribution in [0.1, 0.15) is 22.8 Å². The fourth-order valence-corrected chi connectivity index (χ4v) is 3.34. The zero-order valence-electron chi connectivity index (χ0n) is 17.7. The molecule has 0 unspecified atom stereocenters. The van der Waals surface area contributed by atoms with Crippen LogP contribution in [0.25, 0.3) is 11.1 Å². The summed E-state index contributed by atoms with van der Waals surface area (Å²) in [6.45, 7) is 3.25. The summed E-state index contributed by atoms with van der Waals surface area (Å²) in [4.78, 5) is 24.1. The third-order valence-corrected chi connectivity index (χ3v) is 5.12. The highest BCUT2D eigenvalue weighted by molar-refractivity contribution is 6.71. The molecule has 0 radical (unpaired) electrons. The lowest BCUT2D eigenvalue weighted by Gasteiger charge is -2.12. The third kappa shape index (κ3) is 4.16. The lowest BCUT2D eigenvalue weighted by molar-refractivity contribution is -0.112. The van der Waals surface area contributed by atoms with E-state index in [2.05, 4.69) is 15.6 Å². The highest BCUT2D eigenvalue weighted by atomic mass is 19.1. The second-order valence-electron chi connectivity index (χ2n) is 7.40. The van der Waals surface area contributed by atoms with Crippen molar-refractivity contribution in [2.24, 2.45) is 10.2 Å². The van der Waals surface area contributed by atoms with Gasteiger partial charge in [-0.05, 0) is 55.3 Å². The van der Waals surface area contributed by atoms with Gasteiger partial charge in [0.15, 0.2) is 5.71 Å². The molecule has 3 aromatic rings. The van der Waals surface area contributed by atoms with Crippen LogP contribution in [0.4, 0.5) is 15.8 Å². The molecule has 1 aliphatic rings. The highest BCUT2D eigenvalue weighted by Gasteiger charge is 2.31. The predicted molar refractivity (Wildman–Crippen MR) is 123 cm³/mol. The minimum atomic E-state index is -1.23. The zero-order chi connectivity index (χ0) is 23.7. The normalized spacial score (nSPS) is 14.5. The van der Waals surface area contributed by atoms with Crippen LogP contribution in [0.2, 0.25) is 0 Å². The van der Waals surface area contributed by atoms with Crippen molar-refractivity contribution in [2.75, 3.05) is 10.4 Å². The van der Waals surface area contributed by atoms with E-state index in [0.29, 0.717) is 33.8 Å². The number of hydrazone groups is 2. The number of carboxylic acids is 1. The van der Waals surface area contributed by atoms with Crippen molar-refractivity contribution in [3.05, 3.63) is 77.6 Å². The SMILES string of the molecule is CC1=NN(c2ccc(C)c(F)c2)C(=O)C1=NNc1cccc(-c2cccc(C(=O)O)c2O)c1. The fraction of sp³-hybridized carbons (Fsp3) is 0.0833. The van der Waals surface area contributed by atoms with E-state index in [1.165, 1.54) is 12.1 Å². The molecule has 0 bridgehead atoms. The first-order valence-corrected chi connectivity index (χ1v) is 9.92. The Kier molecular flexibility index (Phi) is 5.61. The topological polar surface area (TPSA) is 115 Å². The number of aryl methyl sites for hydroxylation is 1. The quantitative estimate of drug-likeness (QED) is 0.503. The van der Waals surface area contributed by atoms with Gasteiger partial charge >= 0.3 is 11.9 Å². The number of carboxylic acid groups (broad SMARTS) is 1. The van der Waals surface area contributed by atoms with E-state index in [0.717, 1.165) is 5.01 Å². The second kappa shape index (κ2) is 8.54. The van der Waals surface area contributed by atoms with Crippen molar-refractivity contribution in [3.8, 4) is 16.9 Å². The van der Waals surface area contributed by atoms with E-state index >= 15 is 0 Å². The summed E-state index contributed by atoms with van der Waals surface area (Å²) in [6.07, 6.45) is 0. The molecule has 3 aromatic carbocycles. The Morgan fingerprint density at radius 2 is 1.85 bits per heavy atom. The number of aromatic carboxylic acids is 1. The molecule has 3 N–H and O–H groups in total. The fourth-order valence-electron chi connectivity index (χ4n) is 3.34. The Labute approximate surface area is 188 Å². The third-order valence-electron chi connectivity index (χ3n) is 5.12. The summed E-state index contributed by atoms with van der Waals surface area (Å²) in [5, 5.41) is 29.0. The molecule has 1 aliphatic heterocycles. The minimum absolute atomic E-state index is 0.0668. The number of benzene rings is 3. The predicted octanol–water partition coefficient (Wildman–Crippen LogP) is 4.40. The van der Waals surface area contributed by atoms with Crippen LogP contribution < -0.4 is 10.4 Å². The largest absolute Gasteiger partial charge is 0.506 e. The standard InChI is InChI=1S/C24H19FN4O4/c1-13-9-10-17(12-20(13)25)29-23(31)21(14(2)28-29)27-26-16-6-3-5-15(11-16)18-7-4-8-19(22(18)30)24(32)33/h3-12,26,30H,1-2H3,(H,32,33). The number of nitrogens with zero attached hydrogens (tertiary/aromatic N) is 3. The molecular formula is C24H19FN4O4. The van der Waals surface area contributed by atoms with Gasteiger partial charge in [-0.3, -0.25) is 10.2 Å². The highest BCUT2D eigenvalue weighted by Crippen LogP contribution is 2.33. The zero-order valence-corrected chi connectivity index (χ0v) is 17.7. The number of nitrogens with one attached hydrogen (secondary N) is 1. The van der Waals surface area contributed by atoms with Crippen molar-refractivity contribution in [1.29, 1.82) is 0 Å². The van der Waals surface area contributed by atoms with Gasteiger partial charge in [0.2, 0.25) is 0 Å². The van der Waals surface area contributed by atoms with E-state index in [-0.39, 0.29) is 17.0 Å². The van der Waals surface area contributed by atoms with Crippen LogP contribution in [-0.4, -0.2) is 33.5 Å². The maximum absolute atomic E-state index is 13.9.